The molecule has 0 N–H and O–H groups in total. The fourth-order valence-electron chi connectivity index (χ4n) is 11.7. The standard InChI is InChI=1S/C62H43N/c1-61(2)54-28-14-10-26-49(54)52-35-33-43(38-57(52)61)63(60-31-17-13-22-45(60)40-18-4-3-5-19-40)44-32-34-51-47-24-9-8-23-46(47)48-25-11-15-29-55(48)62(59(51)39-44)56-30-16-12-27-50(56)53-36-41-20-6-7-21-42(41)37-58(53)62/h3-39H,1-2H3. The SMILES string of the molecule is CC1(C)c2ccccc2-c2ccc(N(c3ccc4c(c3)C3(c5ccccc5-c5ccccc5-4)c4ccccc4-c4cc5ccccc5cc43)c3ccccc3-c3ccccc3)cc21. The van der Waals surface area contributed by atoms with Crippen molar-refractivity contribution in [3.63, 3.8) is 0 Å². The van der Waals surface area contributed by atoms with E-state index in [1.165, 1.54) is 99.8 Å². The topological polar surface area (TPSA) is 3.24 Å². The van der Waals surface area contributed by atoms with Crippen molar-refractivity contribution in [1.29, 1.82) is 0 Å². The Bertz CT molecular complexity index is 3500. The van der Waals surface area contributed by atoms with E-state index in [0.717, 1.165) is 17.1 Å². The van der Waals surface area contributed by atoms with Crippen molar-refractivity contribution >= 4 is 27.8 Å². The predicted molar refractivity (Wildman–Crippen MR) is 263 cm³/mol. The van der Waals surface area contributed by atoms with E-state index in [4.69, 9.17) is 0 Å². The summed E-state index contributed by atoms with van der Waals surface area (Å²) in [5.41, 5.74) is 23.2. The molecule has 0 radical (unpaired) electrons. The molecule has 296 valence electrons. The van der Waals surface area contributed by atoms with Crippen molar-refractivity contribution in [3.05, 3.63) is 258 Å². The minimum atomic E-state index is -0.622. The minimum absolute atomic E-state index is 0.155. The van der Waals surface area contributed by atoms with Crippen molar-refractivity contribution in [1.82, 2.24) is 0 Å². The van der Waals surface area contributed by atoms with Gasteiger partial charge in [0.25, 0.3) is 0 Å². The molecule has 1 spiro atoms. The van der Waals surface area contributed by atoms with Gasteiger partial charge in [-0.05, 0) is 137 Å². The lowest BCUT2D eigenvalue weighted by Gasteiger charge is -2.37. The van der Waals surface area contributed by atoms with Crippen LogP contribution < -0.4 is 4.90 Å². The summed E-state index contributed by atoms with van der Waals surface area (Å²) in [6.07, 6.45) is 0. The molecule has 10 aromatic carbocycles. The van der Waals surface area contributed by atoms with Gasteiger partial charge in [0.05, 0.1) is 11.1 Å². The normalized spacial score (nSPS) is 15.7. The third-order valence-corrected chi connectivity index (χ3v) is 14.5. The Labute approximate surface area is 369 Å². The zero-order chi connectivity index (χ0) is 41.9. The van der Waals surface area contributed by atoms with Gasteiger partial charge >= 0.3 is 0 Å². The highest BCUT2D eigenvalue weighted by Crippen LogP contribution is 2.63. The Hall–Kier alpha value is -7.74. The first kappa shape index (κ1) is 36.0. The molecule has 0 heterocycles. The molecule has 0 fully saturated rings. The largest absolute Gasteiger partial charge is 0.310 e. The molecule has 3 aliphatic rings. The van der Waals surface area contributed by atoms with Crippen LogP contribution in [0.2, 0.25) is 0 Å². The van der Waals surface area contributed by atoms with Gasteiger partial charge in [-0.15, -0.1) is 0 Å². The average Bonchev–Trinajstić information content (AvgIpc) is 3.71. The zero-order valence-corrected chi connectivity index (χ0v) is 35.3. The number of fused-ring (bicyclic) bond motifs is 16. The first-order chi connectivity index (χ1) is 31.0. The quantitative estimate of drug-likeness (QED) is 0.171. The summed E-state index contributed by atoms with van der Waals surface area (Å²) in [6.45, 7) is 4.76. The first-order valence-electron chi connectivity index (χ1n) is 22.2. The fraction of sp³-hybridized carbons (Fsp3) is 0.0645. The van der Waals surface area contributed by atoms with Crippen molar-refractivity contribution in [2.45, 2.75) is 24.7 Å². The summed E-state index contributed by atoms with van der Waals surface area (Å²) in [6, 6.07) is 84.5. The number of para-hydroxylation sites is 1. The van der Waals surface area contributed by atoms with Crippen LogP contribution in [0.25, 0.3) is 66.4 Å². The van der Waals surface area contributed by atoms with Crippen LogP contribution in [0.5, 0.6) is 0 Å². The average molecular weight is 802 g/mol. The lowest BCUT2D eigenvalue weighted by Crippen LogP contribution is -2.29. The minimum Gasteiger partial charge on any atom is -0.310 e. The maximum atomic E-state index is 2.55. The molecule has 0 aliphatic heterocycles. The molecular formula is C62H43N. The Kier molecular flexibility index (Phi) is 7.64. The molecule has 0 saturated carbocycles. The Balaban J connectivity index is 1.15. The monoisotopic (exact) mass is 801 g/mol. The molecule has 0 saturated heterocycles. The van der Waals surface area contributed by atoms with Crippen LogP contribution in [0.1, 0.15) is 47.2 Å². The van der Waals surface area contributed by atoms with Gasteiger partial charge < -0.3 is 4.90 Å². The molecule has 3 aliphatic carbocycles. The lowest BCUT2D eigenvalue weighted by molar-refractivity contribution is 0.660. The van der Waals surface area contributed by atoms with Crippen LogP contribution in [0, 0.1) is 0 Å². The molecule has 1 nitrogen and oxygen atoms in total. The van der Waals surface area contributed by atoms with Crippen LogP contribution >= 0.6 is 0 Å². The second-order valence-electron chi connectivity index (χ2n) is 18.0. The summed E-state index contributed by atoms with van der Waals surface area (Å²) in [4.78, 5) is 2.53. The number of rotatable bonds is 4. The lowest BCUT2D eigenvalue weighted by atomic mass is 9.65. The van der Waals surface area contributed by atoms with Gasteiger partial charge in [-0.1, -0.05) is 196 Å². The van der Waals surface area contributed by atoms with E-state index in [9.17, 15) is 0 Å². The predicted octanol–water partition coefficient (Wildman–Crippen LogP) is 16.3. The second-order valence-corrected chi connectivity index (χ2v) is 18.0. The summed E-state index contributed by atoms with van der Waals surface area (Å²) >= 11 is 0. The summed E-state index contributed by atoms with van der Waals surface area (Å²) in [5.74, 6) is 0. The smallest absolute Gasteiger partial charge is 0.0726 e. The van der Waals surface area contributed by atoms with Crippen LogP contribution in [0.15, 0.2) is 224 Å². The molecule has 13 rings (SSSR count). The molecule has 1 atom stereocenters. The molecule has 1 unspecified atom stereocenters. The highest BCUT2D eigenvalue weighted by atomic mass is 15.1. The van der Waals surface area contributed by atoms with Gasteiger partial charge in [-0.25, -0.2) is 0 Å². The van der Waals surface area contributed by atoms with Crippen LogP contribution in [-0.2, 0) is 10.8 Å². The molecule has 0 bridgehead atoms. The third-order valence-electron chi connectivity index (χ3n) is 14.5. The molecule has 10 aromatic rings. The van der Waals surface area contributed by atoms with Gasteiger partial charge in [0, 0.05) is 22.4 Å². The van der Waals surface area contributed by atoms with Crippen molar-refractivity contribution in [2.24, 2.45) is 0 Å². The molecule has 0 amide bonds. The first-order valence-corrected chi connectivity index (χ1v) is 22.2. The van der Waals surface area contributed by atoms with Gasteiger partial charge in [0.15, 0.2) is 0 Å². The molecular weight excluding hydrogens is 759 g/mol. The van der Waals surface area contributed by atoms with Crippen LogP contribution in [-0.4, -0.2) is 0 Å². The fourth-order valence-corrected chi connectivity index (χ4v) is 11.7. The maximum Gasteiger partial charge on any atom is 0.0726 e. The summed E-state index contributed by atoms with van der Waals surface area (Å²) < 4.78 is 0. The van der Waals surface area contributed by atoms with E-state index >= 15 is 0 Å². The van der Waals surface area contributed by atoms with E-state index in [-0.39, 0.29) is 5.41 Å². The van der Waals surface area contributed by atoms with E-state index < -0.39 is 5.41 Å². The highest BCUT2D eigenvalue weighted by molar-refractivity contribution is 6.02. The number of hydrogen-bond donors (Lipinski definition) is 0. The van der Waals surface area contributed by atoms with E-state index in [0.29, 0.717) is 0 Å². The molecule has 0 aromatic heterocycles. The summed E-state index contributed by atoms with van der Waals surface area (Å²) in [7, 11) is 0. The van der Waals surface area contributed by atoms with Crippen LogP contribution in [0.4, 0.5) is 17.1 Å². The van der Waals surface area contributed by atoms with E-state index in [2.05, 4.69) is 243 Å². The van der Waals surface area contributed by atoms with E-state index in [1.54, 1.807) is 0 Å². The highest BCUT2D eigenvalue weighted by Gasteiger charge is 2.50. The summed E-state index contributed by atoms with van der Waals surface area (Å²) in [5, 5.41) is 2.51. The number of benzene rings is 10. The van der Waals surface area contributed by atoms with Crippen molar-refractivity contribution < 1.29 is 0 Å². The Morgan fingerprint density at radius 1 is 0.286 bits per heavy atom. The zero-order valence-electron chi connectivity index (χ0n) is 35.3. The van der Waals surface area contributed by atoms with Gasteiger partial charge in [0.2, 0.25) is 0 Å². The molecule has 1 heteroatoms. The number of anilines is 3. The maximum absolute atomic E-state index is 2.55. The van der Waals surface area contributed by atoms with Crippen LogP contribution in [0.3, 0.4) is 0 Å². The number of hydrogen-bond acceptors (Lipinski definition) is 1. The van der Waals surface area contributed by atoms with E-state index in [1.807, 2.05) is 0 Å². The van der Waals surface area contributed by atoms with Gasteiger partial charge in [0.1, 0.15) is 0 Å². The van der Waals surface area contributed by atoms with Gasteiger partial charge in [-0.3, -0.25) is 0 Å². The van der Waals surface area contributed by atoms with Crippen molar-refractivity contribution in [3.8, 4) is 55.6 Å². The number of nitrogens with zero attached hydrogens (tertiary/aromatic N) is 1. The third kappa shape index (κ3) is 4.99. The van der Waals surface area contributed by atoms with Crippen molar-refractivity contribution in [2.75, 3.05) is 4.90 Å². The molecule has 63 heavy (non-hydrogen) atoms. The van der Waals surface area contributed by atoms with Gasteiger partial charge in [-0.2, -0.15) is 0 Å². The Morgan fingerprint density at radius 2 is 0.714 bits per heavy atom. The second kappa shape index (κ2) is 13.4. The Morgan fingerprint density at radius 3 is 1.37 bits per heavy atom.